The van der Waals surface area contributed by atoms with Crippen LogP contribution in [0, 0.1) is 0 Å². The lowest BCUT2D eigenvalue weighted by molar-refractivity contribution is -0.113. The summed E-state index contributed by atoms with van der Waals surface area (Å²) >= 11 is 1.55. The second-order valence-corrected chi connectivity index (χ2v) is 10.2. The highest BCUT2D eigenvalue weighted by molar-refractivity contribution is 7.99. The fourth-order valence-corrected chi connectivity index (χ4v) is 5.03. The smallest absolute Gasteiger partial charge is 0.255 e. The van der Waals surface area contributed by atoms with Gasteiger partial charge in [-0.3, -0.25) is 4.79 Å². The van der Waals surface area contributed by atoms with Gasteiger partial charge in [0.25, 0.3) is 5.91 Å². The lowest BCUT2D eigenvalue weighted by Gasteiger charge is -2.29. The lowest BCUT2D eigenvalue weighted by atomic mass is 9.94. The van der Waals surface area contributed by atoms with E-state index < -0.39 is 6.04 Å². The first-order valence-corrected chi connectivity index (χ1v) is 14.4. The molecule has 1 amide bonds. The van der Waals surface area contributed by atoms with Gasteiger partial charge in [-0.25, -0.2) is 4.68 Å². The topological polar surface area (TPSA) is 99.5 Å². The van der Waals surface area contributed by atoms with Gasteiger partial charge in [-0.1, -0.05) is 56.7 Å². The van der Waals surface area contributed by atoms with Crippen molar-refractivity contribution < 1.29 is 19.0 Å². The molecule has 2 heterocycles. The number of allylic oxidation sites excluding steroid dienone is 1. The number of benzene rings is 2. The van der Waals surface area contributed by atoms with E-state index in [-0.39, 0.29) is 5.91 Å². The number of ether oxygens (including phenoxy) is 3. The predicted molar refractivity (Wildman–Crippen MR) is 155 cm³/mol. The number of thioether (sulfide) groups is 1. The van der Waals surface area contributed by atoms with Crippen LogP contribution in [0.25, 0.3) is 0 Å². The summed E-state index contributed by atoms with van der Waals surface area (Å²) in [4.78, 5) is 18.6. The van der Waals surface area contributed by atoms with Crippen molar-refractivity contribution >= 4 is 29.3 Å². The van der Waals surface area contributed by atoms with Crippen molar-refractivity contribution in [3.63, 3.8) is 0 Å². The Balaban J connectivity index is 1.73. The number of para-hydroxylation sites is 2. The Bertz CT molecular complexity index is 1320. The van der Waals surface area contributed by atoms with E-state index in [4.69, 9.17) is 19.3 Å². The Morgan fingerprint density at radius 2 is 1.90 bits per heavy atom. The third kappa shape index (κ3) is 6.50. The van der Waals surface area contributed by atoms with E-state index in [9.17, 15) is 4.79 Å². The molecule has 0 aliphatic carbocycles. The van der Waals surface area contributed by atoms with E-state index in [2.05, 4.69) is 29.5 Å². The van der Waals surface area contributed by atoms with Gasteiger partial charge in [-0.05, 0) is 55.9 Å². The van der Waals surface area contributed by atoms with E-state index in [1.54, 1.807) is 23.6 Å². The summed E-state index contributed by atoms with van der Waals surface area (Å²) in [6.07, 6.45) is 3.21. The Kier molecular flexibility index (Phi) is 9.75. The second kappa shape index (κ2) is 13.4. The number of methoxy groups -OCH3 is 1. The third-order valence-corrected chi connectivity index (χ3v) is 7.01. The maximum Gasteiger partial charge on any atom is 0.255 e. The van der Waals surface area contributed by atoms with Crippen LogP contribution < -0.4 is 24.8 Å². The van der Waals surface area contributed by atoms with Gasteiger partial charge in [0, 0.05) is 5.70 Å². The molecule has 1 aliphatic heterocycles. The minimum Gasteiger partial charge on any atom is -0.493 e. The molecule has 3 aromatic rings. The number of anilines is 2. The van der Waals surface area contributed by atoms with Crippen LogP contribution in [0.3, 0.4) is 0 Å². The maximum absolute atomic E-state index is 13.9. The molecule has 1 aromatic heterocycles. The molecule has 1 unspecified atom stereocenters. The Morgan fingerprint density at radius 3 is 2.64 bits per heavy atom. The lowest BCUT2D eigenvalue weighted by Crippen LogP contribution is -2.31. The predicted octanol–water partition coefficient (Wildman–Crippen LogP) is 6.29. The minimum atomic E-state index is -0.540. The Morgan fingerprint density at radius 1 is 1.08 bits per heavy atom. The fraction of sp³-hybridized carbons (Fsp3) is 0.414. The standard InChI is InChI=1S/C29H37N5O4S/c1-6-9-12-17-38-23-16-15-20(18-24(23)36-5)26-25(19(4)30-28-32-29(39-8-3)33-34(26)28)27(35)31-21-13-10-11-14-22(21)37-7-2/h10-11,13-16,18,26H,6-9,12,17H2,1-5H3,(H,31,35)(H,30,32,33). The molecule has 0 saturated heterocycles. The first-order valence-electron chi connectivity index (χ1n) is 13.4. The summed E-state index contributed by atoms with van der Waals surface area (Å²) in [6.45, 7) is 9.12. The molecule has 0 saturated carbocycles. The molecular formula is C29H37N5O4S. The molecular weight excluding hydrogens is 514 g/mol. The van der Waals surface area contributed by atoms with Crippen molar-refractivity contribution in [1.29, 1.82) is 0 Å². The van der Waals surface area contributed by atoms with Crippen molar-refractivity contribution in [3.8, 4) is 17.2 Å². The molecule has 0 fully saturated rings. The highest BCUT2D eigenvalue weighted by atomic mass is 32.2. The van der Waals surface area contributed by atoms with Gasteiger partial charge in [0.1, 0.15) is 11.8 Å². The zero-order valence-corrected chi connectivity index (χ0v) is 24.1. The molecule has 208 valence electrons. The van der Waals surface area contributed by atoms with Crippen LogP contribution in [-0.4, -0.2) is 46.7 Å². The van der Waals surface area contributed by atoms with Gasteiger partial charge in [-0.15, -0.1) is 5.10 Å². The largest absolute Gasteiger partial charge is 0.493 e. The summed E-state index contributed by atoms with van der Waals surface area (Å²) < 4.78 is 19.2. The SMILES string of the molecule is CCCCCOc1ccc(C2C(C(=O)Nc3ccccc3OCC)=C(C)Nc3nc(SCC)nn32)cc1OC. The second-order valence-electron chi connectivity index (χ2n) is 9.01. The van der Waals surface area contributed by atoms with E-state index >= 15 is 0 Å². The first-order chi connectivity index (χ1) is 19.0. The molecule has 39 heavy (non-hydrogen) atoms. The Labute approximate surface area is 234 Å². The van der Waals surface area contributed by atoms with Gasteiger partial charge >= 0.3 is 0 Å². The molecule has 2 aromatic carbocycles. The minimum absolute atomic E-state index is 0.262. The van der Waals surface area contributed by atoms with Crippen molar-refractivity contribution in [2.45, 2.75) is 58.2 Å². The average Bonchev–Trinajstić information content (AvgIpc) is 3.33. The number of aromatic nitrogens is 3. The Hall–Kier alpha value is -3.66. The fourth-order valence-electron chi connectivity index (χ4n) is 4.47. The normalized spacial score (nSPS) is 14.4. The average molecular weight is 552 g/mol. The number of carbonyl (C=O) groups excluding carboxylic acids is 1. The van der Waals surface area contributed by atoms with Crippen molar-refractivity contribution in [3.05, 3.63) is 59.3 Å². The number of carbonyl (C=O) groups is 1. The molecule has 10 heteroatoms. The van der Waals surface area contributed by atoms with Gasteiger partial charge in [-0.2, -0.15) is 4.98 Å². The van der Waals surface area contributed by atoms with E-state index in [0.717, 1.165) is 30.6 Å². The number of unbranched alkanes of at least 4 members (excludes halogenated alkanes) is 2. The molecule has 4 rings (SSSR count). The van der Waals surface area contributed by atoms with Gasteiger partial charge in [0.05, 0.1) is 31.6 Å². The number of nitrogens with one attached hydrogen (secondary N) is 2. The summed E-state index contributed by atoms with van der Waals surface area (Å²) in [5.74, 6) is 3.04. The van der Waals surface area contributed by atoms with Gasteiger partial charge < -0.3 is 24.8 Å². The van der Waals surface area contributed by atoms with Crippen LogP contribution in [0.1, 0.15) is 58.6 Å². The van der Waals surface area contributed by atoms with Crippen LogP contribution in [-0.2, 0) is 4.79 Å². The third-order valence-electron chi connectivity index (χ3n) is 6.30. The zero-order valence-electron chi connectivity index (χ0n) is 23.2. The van der Waals surface area contributed by atoms with Gasteiger partial charge in [0.15, 0.2) is 11.5 Å². The van der Waals surface area contributed by atoms with Crippen LogP contribution in [0.15, 0.2) is 58.9 Å². The molecule has 2 N–H and O–H groups in total. The van der Waals surface area contributed by atoms with E-state index in [1.807, 2.05) is 56.3 Å². The van der Waals surface area contributed by atoms with Crippen LogP contribution in [0.2, 0.25) is 0 Å². The summed E-state index contributed by atoms with van der Waals surface area (Å²) in [5.41, 5.74) is 2.64. The number of fused-ring (bicyclic) bond motifs is 1. The monoisotopic (exact) mass is 551 g/mol. The summed E-state index contributed by atoms with van der Waals surface area (Å²) in [7, 11) is 1.62. The van der Waals surface area contributed by atoms with Gasteiger partial charge in [0.2, 0.25) is 11.1 Å². The van der Waals surface area contributed by atoms with Crippen molar-refractivity contribution in [1.82, 2.24) is 14.8 Å². The van der Waals surface area contributed by atoms with Crippen molar-refractivity contribution in [2.75, 3.05) is 36.7 Å². The molecule has 0 spiro atoms. The van der Waals surface area contributed by atoms with E-state index in [1.165, 1.54) is 0 Å². The molecule has 0 radical (unpaired) electrons. The van der Waals surface area contributed by atoms with Crippen LogP contribution >= 0.6 is 11.8 Å². The number of rotatable bonds is 13. The van der Waals surface area contributed by atoms with Crippen LogP contribution in [0.5, 0.6) is 17.2 Å². The molecule has 0 bridgehead atoms. The number of nitrogens with zero attached hydrogens (tertiary/aromatic N) is 3. The van der Waals surface area contributed by atoms with Crippen LogP contribution in [0.4, 0.5) is 11.6 Å². The quantitative estimate of drug-likeness (QED) is 0.189. The highest BCUT2D eigenvalue weighted by Crippen LogP contribution is 2.40. The van der Waals surface area contributed by atoms with Crippen molar-refractivity contribution in [2.24, 2.45) is 0 Å². The molecule has 9 nitrogen and oxygen atoms in total. The molecule has 1 atom stereocenters. The zero-order chi connectivity index (χ0) is 27.8. The maximum atomic E-state index is 13.9. The van der Waals surface area contributed by atoms with E-state index in [0.29, 0.717) is 58.5 Å². The summed E-state index contributed by atoms with van der Waals surface area (Å²) in [6, 6.07) is 12.6. The number of hydrogen-bond acceptors (Lipinski definition) is 8. The number of amides is 1. The summed E-state index contributed by atoms with van der Waals surface area (Å²) in [5, 5.41) is 11.7. The molecule has 1 aliphatic rings. The number of hydrogen-bond donors (Lipinski definition) is 2. The highest BCUT2D eigenvalue weighted by Gasteiger charge is 2.35. The first kappa shape index (κ1) is 28.4.